The first kappa shape index (κ1) is 18.6. The first-order valence-electron chi connectivity index (χ1n) is 7.24. The average Bonchev–Trinajstić information content (AvgIpc) is 2.38. The third-order valence-electron chi connectivity index (χ3n) is 2.48. The smallest absolute Gasteiger partial charge is 0.242 e. The number of hydrogen-bond donors (Lipinski definition) is 2. The quantitative estimate of drug-likeness (QED) is 0.473. The van der Waals surface area contributed by atoms with E-state index in [9.17, 15) is 9.59 Å². The predicted molar refractivity (Wildman–Crippen MR) is 80.3 cm³/mol. The maximum absolute atomic E-state index is 12.0. The molecule has 5 heteroatoms. The Morgan fingerprint density at radius 2 is 1.95 bits per heavy atom. The fraction of sp³-hybridized carbons (Fsp3) is 0.733. The van der Waals surface area contributed by atoms with E-state index in [0.717, 1.165) is 13.0 Å². The van der Waals surface area contributed by atoms with Gasteiger partial charge in [-0.2, -0.15) is 0 Å². The number of hydrogen-bond acceptors (Lipinski definition) is 3. The molecule has 0 fully saturated rings. The second-order valence-corrected chi connectivity index (χ2v) is 5.17. The zero-order valence-electron chi connectivity index (χ0n) is 13.1. The van der Waals surface area contributed by atoms with Crippen molar-refractivity contribution in [2.45, 2.75) is 46.6 Å². The van der Waals surface area contributed by atoms with Crippen LogP contribution in [0.25, 0.3) is 0 Å². The van der Waals surface area contributed by atoms with Gasteiger partial charge in [0, 0.05) is 20.1 Å². The molecule has 5 nitrogen and oxygen atoms in total. The molecular formula is C15H28N2O3. The second-order valence-electron chi connectivity index (χ2n) is 5.17. The lowest BCUT2D eigenvalue weighted by Gasteiger charge is -2.17. The molecule has 0 aromatic rings. The van der Waals surface area contributed by atoms with Crippen molar-refractivity contribution in [3.8, 4) is 0 Å². The molecule has 2 N–H and O–H groups in total. The molecule has 0 saturated heterocycles. The molecule has 0 radical (unpaired) electrons. The molecule has 0 heterocycles. The molecule has 0 aromatic carbocycles. The Labute approximate surface area is 122 Å². The highest BCUT2D eigenvalue weighted by Gasteiger charge is 2.17. The fourth-order valence-electron chi connectivity index (χ4n) is 1.50. The predicted octanol–water partition coefficient (Wildman–Crippen LogP) is 1.64. The molecule has 0 aliphatic heterocycles. The molecular weight excluding hydrogens is 256 g/mol. The molecule has 0 aromatic heterocycles. The summed E-state index contributed by atoms with van der Waals surface area (Å²) in [6, 6.07) is -0.520. The number of ether oxygens (including phenoxy) is 1. The van der Waals surface area contributed by atoms with E-state index in [4.69, 9.17) is 4.74 Å². The Balaban J connectivity index is 4.19. The molecule has 0 aliphatic carbocycles. The topological polar surface area (TPSA) is 67.4 Å². The zero-order chi connectivity index (χ0) is 15.4. The number of carbonyl (C=O) groups excluding carboxylic acids is 2. The van der Waals surface area contributed by atoms with E-state index < -0.39 is 6.04 Å². The molecule has 1 atom stereocenters. The van der Waals surface area contributed by atoms with E-state index in [0.29, 0.717) is 25.5 Å². The van der Waals surface area contributed by atoms with Crippen molar-refractivity contribution in [3.63, 3.8) is 0 Å². The van der Waals surface area contributed by atoms with Gasteiger partial charge in [0.05, 0.1) is 6.61 Å². The summed E-state index contributed by atoms with van der Waals surface area (Å²) in [7, 11) is 0. The second kappa shape index (κ2) is 11.5. The zero-order valence-corrected chi connectivity index (χ0v) is 13.1. The van der Waals surface area contributed by atoms with Gasteiger partial charge in [-0.25, -0.2) is 0 Å². The largest absolute Gasteiger partial charge is 0.377 e. The van der Waals surface area contributed by atoms with Crippen LogP contribution in [0.1, 0.15) is 40.5 Å². The van der Waals surface area contributed by atoms with E-state index in [1.807, 2.05) is 26.0 Å². The average molecular weight is 284 g/mol. The van der Waals surface area contributed by atoms with Gasteiger partial charge < -0.3 is 15.4 Å². The normalized spacial score (nSPS) is 12.7. The Bertz CT molecular complexity index is 314. The van der Waals surface area contributed by atoms with Crippen LogP contribution < -0.4 is 10.6 Å². The molecule has 0 spiro atoms. The molecule has 116 valence electrons. The molecule has 0 bridgehead atoms. The SMILES string of the molecule is CCCOC/C=C/C[C@H](NC(C)=O)C(=O)NCC(C)C. The highest BCUT2D eigenvalue weighted by atomic mass is 16.5. The van der Waals surface area contributed by atoms with Crippen molar-refractivity contribution in [3.05, 3.63) is 12.2 Å². The van der Waals surface area contributed by atoms with Crippen LogP contribution in [0.3, 0.4) is 0 Å². The number of nitrogens with one attached hydrogen (secondary N) is 2. The summed E-state index contributed by atoms with van der Waals surface area (Å²) in [4.78, 5) is 23.1. The van der Waals surface area contributed by atoms with Crippen LogP contribution in [0.5, 0.6) is 0 Å². The lowest BCUT2D eigenvalue weighted by molar-refractivity contribution is -0.128. The number of carbonyl (C=O) groups is 2. The summed E-state index contributed by atoms with van der Waals surface area (Å²) < 4.78 is 5.31. The summed E-state index contributed by atoms with van der Waals surface area (Å²) in [5.74, 6) is 0.0354. The van der Waals surface area contributed by atoms with E-state index >= 15 is 0 Å². The number of rotatable bonds is 10. The van der Waals surface area contributed by atoms with E-state index in [2.05, 4.69) is 17.6 Å². The van der Waals surface area contributed by atoms with Crippen molar-refractivity contribution in [1.29, 1.82) is 0 Å². The van der Waals surface area contributed by atoms with Crippen LogP contribution in [-0.4, -0.2) is 37.6 Å². The maximum atomic E-state index is 12.0. The molecule has 0 saturated carbocycles. The van der Waals surface area contributed by atoms with Gasteiger partial charge in [0.2, 0.25) is 11.8 Å². The summed E-state index contributed by atoms with van der Waals surface area (Å²) >= 11 is 0. The Hall–Kier alpha value is -1.36. The maximum Gasteiger partial charge on any atom is 0.242 e. The summed E-state index contributed by atoms with van der Waals surface area (Å²) in [6.07, 6.45) is 5.20. The van der Waals surface area contributed by atoms with Crippen molar-refractivity contribution in [1.82, 2.24) is 10.6 Å². The monoisotopic (exact) mass is 284 g/mol. The standard InChI is InChI=1S/C15H28N2O3/c1-5-9-20-10-7-6-8-14(17-13(4)18)15(19)16-11-12(2)3/h6-7,12,14H,5,8-11H2,1-4H3,(H,16,19)(H,17,18)/b7-6+/t14-/m0/s1. The summed E-state index contributed by atoms with van der Waals surface area (Å²) in [5, 5.41) is 5.49. The minimum atomic E-state index is -0.520. The minimum absolute atomic E-state index is 0.145. The van der Waals surface area contributed by atoms with Crippen LogP contribution in [-0.2, 0) is 14.3 Å². The first-order chi connectivity index (χ1) is 9.47. The van der Waals surface area contributed by atoms with Gasteiger partial charge in [-0.3, -0.25) is 9.59 Å². The van der Waals surface area contributed by atoms with E-state index in [-0.39, 0.29) is 11.8 Å². The summed E-state index contributed by atoms with van der Waals surface area (Å²) in [5.41, 5.74) is 0. The van der Waals surface area contributed by atoms with Crippen LogP contribution in [0.2, 0.25) is 0 Å². The lowest BCUT2D eigenvalue weighted by Crippen LogP contribution is -2.46. The van der Waals surface area contributed by atoms with Crippen molar-refractivity contribution >= 4 is 11.8 Å². The highest BCUT2D eigenvalue weighted by molar-refractivity contribution is 5.86. The number of amides is 2. The molecule has 2 amide bonds. The van der Waals surface area contributed by atoms with Crippen LogP contribution >= 0.6 is 0 Å². The summed E-state index contributed by atoms with van der Waals surface area (Å²) in [6.45, 7) is 9.39. The van der Waals surface area contributed by atoms with Gasteiger partial charge >= 0.3 is 0 Å². The minimum Gasteiger partial charge on any atom is -0.377 e. The first-order valence-corrected chi connectivity index (χ1v) is 7.24. The Kier molecular flexibility index (Phi) is 10.7. The Morgan fingerprint density at radius 3 is 2.50 bits per heavy atom. The molecule has 0 unspecified atom stereocenters. The molecule has 0 aliphatic rings. The van der Waals surface area contributed by atoms with Gasteiger partial charge in [-0.15, -0.1) is 0 Å². The van der Waals surface area contributed by atoms with Gasteiger partial charge in [-0.05, 0) is 18.8 Å². The third-order valence-corrected chi connectivity index (χ3v) is 2.48. The van der Waals surface area contributed by atoms with E-state index in [1.165, 1.54) is 6.92 Å². The van der Waals surface area contributed by atoms with E-state index in [1.54, 1.807) is 0 Å². The highest BCUT2D eigenvalue weighted by Crippen LogP contribution is 1.97. The van der Waals surface area contributed by atoms with Crippen molar-refractivity contribution in [2.24, 2.45) is 5.92 Å². The van der Waals surface area contributed by atoms with Gasteiger partial charge in [0.25, 0.3) is 0 Å². The molecule has 20 heavy (non-hydrogen) atoms. The van der Waals surface area contributed by atoms with Crippen LogP contribution in [0.15, 0.2) is 12.2 Å². The van der Waals surface area contributed by atoms with Crippen LogP contribution in [0.4, 0.5) is 0 Å². The molecule has 0 rings (SSSR count). The fourth-order valence-corrected chi connectivity index (χ4v) is 1.50. The van der Waals surface area contributed by atoms with Gasteiger partial charge in [-0.1, -0.05) is 32.9 Å². The lowest BCUT2D eigenvalue weighted by atomic mass is 10.1. The van der Waals surface area contributed by atoms with Crippen molar-refractivity contribution in [2.75, 3.05) is 19.8 Å². The van der Waals surface area contributed by atoms with Crippen LogP contribution in [0, 0.1) is 5.92 Å². The van der Waals surface area contributed by atoms with Crippen molar-refractivity contribution < 1.29 is 14.3 Å². The third kappa shape index (κ3) is 10.6. The Morgan fingerprint density at radius 1 is 1.25 bits per heavy atom. The van der Waals surface area contributed by atoms with Gasteiger partial charge in [0.15, 0.2) is 0 Å². The van der Waals surface area contributed by atoms with Gasteiger partial charge in [0.1, 0.15) is 6.04 Å².